The van der Waals surface area contributed by atoms with Gasteiger partial charge in [0, 0.05) is 11.8 Å². The Balaban J connectivity index is 2.24. The summed E-state index contributed by atoms with van der Waals surface area (Å²) in [4.78, 5) is 26.0. The van der Waals surface area contributed by atoms with Crippen molar-refractivity contribution < 1.29 is 9.72 Å². The lowest BCUT2D eigenvalue weighted by Gasteiger charge is -2.05. The van der Waals surface area contributed by atoms with E-state index in [-0.39, 0.29) is 16.5 Å². The predicted octanol–water partition coefficient (Wildman–Crippen LogP) is 3.66. The zero-order valence-electron chi connectivity index (χ0n) is 9.84. The lowest BCUT2D eigenvalue weighted by molar-refractivity contribution is -0.385. The molecule has 1 aromatic carbocycles. The van der Waals surface area contributed by atoms with Crippen molar-refractivity contribution in [3.05, 3.63) is 61.8 Å². The van der Waals surface area contributed by atoms with Gasteiger partial charge in [0.15, 0.2) is 0 Å². The van der Waals surface area contributed by atoms with Crippen molar-refractivity contribution in [1.82, 2.24) is 4.98 Å². The van der Waals surface area contributed by atoms with E-state index in [2.05, 4.69) is 26.2 Å². The molecule has 1 heterocycles. The summed E-state index contributed by atoms with van der Waals surface area (Å²) < 4.78 is 0.335. The lowest BCUT2D eigenvalue weighted by atomic mass is 10.2. The number of benzene rings is 1. The van der Waals surface area contributed by atoms with Crippen molar-refractivity contribution >= 4 is 44.8 Å². The second kappa shape index (κ2) is 5.98. The molecule has 1 amide bonds. The highest BCUT2D eigenvalue weighted by atomic mass is 79.9. The van der Waals surface area contributed by atoms with Crippen LogP contribution in [-0.4, -0.2) is 15.8 Å². The monoisotopic (exact) mass is 355 g/mol. The summed E-state index contributed by atoms with van der Waals surface area (Å²) in [5, 5.41) is 13.5. The predicted molar refractivity (Wildman–Crippen MR) is 78.0 cm³/mol. The minimum Gasteiger partial charge on any atom is -0.320 e. The molecule has 0 atom stereocenters. The zero-order chi connectivity index (χ0) is 14.7. The number of hydrogen-bond acceptors (Lipinski definition) is 4. The Hall–Kier alpha value is -1.99. The lowest BCUT2D eigenvalue weighted by Crippen LogP contribution is -2.13. The molecule has 6 nitrogen and oxygen atoms in total. The van der Waals surface area contributed by atoms with Gasteiger partial charge in [-0.05, 0) is 40.2 Å². The van der Waals surface area contributed by atoms with Crippen molar-refractivity contribution in [2.45, 2.75) is 0 Å². The van der Waals surface area contributed by atoms with E-state index < -0.39 is 10.8 Å². The SMILES string of the molecule is O=C(Nc1ccc(Br)c([N+](=O)[O-])c1)c1cccc(Cl)n1. The molecule has 2 aromatic rings. The van der Waals surface area contributed by atoms with Gasteiger partial charge in [0.25, 0.3) is 11.6 Å². The second-order valence-electron chi connectivity index (χ2n) is 3.72. The molecule has 20 heavy (non-hydrogen) atoms. The molecule has 0 spiro atoms. The zero-order valence-corrected chi connectivity index (χ0v) is 12.2. The minimum absolute atomic E-state index is 0.128. The van der Waals surface area contributed by atoms with Gasteiger partial charge in [-0.3, -0.25) is 14.9 Å². The average molecular weight is 357 g/mol. The van der Waals surface area contributed by atoms with Crippen molar-refractivity contribution in [1.29, 1.82) is 0 Å². The molecule has 0 aliphatic heterocycles. The number of hydrogen-bond donors (Lipinski definition) is 1. The Labute approximate surface area is 127 Å². The number of halogens is 2. The molecule has 8 heteroatoms. The maximum Gasteiger partial charge on any atom is 0.285 e. The van der Waals surface area contributed by atoms with Crippen LogP contribution in [-0.2, 0) is 0 Å². The number of amides is 1. The van der Waals surface area contributed by atoms with E-state index in [1.165, 1.54) is 18.2 Å². The first-order valence-corrected chi connectivity index (χ1v) is 6.52. The van der Waals surface area contributed by atoms with Gasteiger partial charge in [-0.15, -0.1) is 0 Å². The first kappa shape index (κ1) is 14.4. The van der Waals surface area contributed by atoms with Crippen LogP contribution < -0.4 is 5.32 Å². The number of nitrogens with zero attached hydrogens (tertiary/aromatic N) is 2. The number of nitro benzene ring substituents is 1. The summed E-state index contributed by atoms with van der Waals surface area (Å²) in [5.41, 5.74) is 0.289. The molecule has 1 N–H and O–H groups in total. The molecule has 2 rings (SSSR count). The van der Waals surface area contributed by atoms with Crippen LogP contribution in [0.1, 0.15) is 10.5 Å². The Morgan fingerprint density at radius 2 is 2.10 bits per heavy atom. The Morgan fingerprint density at radius 1 is 1.35 bits per heavy atom. The van der Waals surface area contributed by atoms with Crippen LogP contribution in [0.5, 0.6) is 0 Å². The van der Waals surface area contributed by atoms with Crippen LogP contribution in [0.3, 0.4) is 0 Å². The molecule has 0 bridgehead atoms. The standard InChI is InChI=1S/C12H7BrClN3O3/c13-8-5-4-7(6-10(8)17(19)20)15-12(18)9-2-1-3-11(14)16-9/h1-6H,(H,15,18). The van der Waals surface area contributed by atoms with Gasteiger partial charge >= 0.3 is 0 Å². The van der Waals surface area contributed by atoms with Crippen molar-refractivity contribution in [3.63, 3.8) is 0 Å². The largest absolute Gasteiger partial charge is 0.320 e. The molecule has 0 fully saturated rings. The fourth-order valence-electron chi connectivity index (χ4n) is 1.46. The number of carbonyl (C=O) groups excluding carboxylic acids is 1. The number of aromatic nitrogens is 1. The summed E-state index contributed by atoms with van der Waals surface area (Å²) in [6.07, 6.45) is 0. The number of nitrogens with one attached hydrogen (secondary N) is 1. The van der Waals surface area contributed by atoms with Crippen LogP contribution in [0.25, 0.3) is 0 Å². The third kappa shape index (κ3) is 3.31. The number of carbonyl (C=O) groups is 1. The topological polar surface area (TPSA) is 85.1 Å². The Morgan fingerprint density at radius 3 is 2.75 bits per heavy atom. The van der Waals surface area contributed by atoms with Crippen molar-refractivity contribution in [2.75, 3.05) is 5.32 Å². The van der Waals surface area contributed by atoms with Gasteiger partial charge < -0.3 is 5.32 Å². The van der Waals surface area contributed by atoms with Crippen LogP contribution in [0, 0.1) is 10.1 Å². The first-order valence-electron chi connectivity index (χ1n) is 5.35. The third-order valence-electron chi connectivity index (χ3n) is 2.35. The molecule has 0 aliphatic carbocycles. The molecule has 0 unspecified atom stereocenters. The van der Waals surface area contributed by atoms with Gasteiger partial charge in [0.2, 0.25) is 0 Å². The van der Waals surface area contributed by atoms with E-state index in [0.29, 0.717) is 10.2 Å². The molecule has 0 radical (unpaired) electrons. The van der Waals surface area contributed by atoms with Crippen LogP contribution in [0.15, 0.2) is 40.9 Å². The highest BCUT2D eigenvalue weighted by molar-refractivity contribution is 9.10. The normalized spacial score (nSPS) is 10.1. The molecule has 0 aliphatic rings. The van der Waals surface area contributed by atoms with E-state index in [0.717, 1.165) is 0 Å². The van der Waals surface area contributed by atoms with Gasteiger partial charge in [-0.2, -0.15) is 0 Å². The van der Waals surface area contributed by atoms with Gasteiger partial charge in [-0.1, -0.05) is 17.7 Å². The fourth-order valence-corrected chi connectivity index (χ4v) is 2.02. The third-order valence-corrected chi connectivity index (χ3v) is 3.23. The average Bonchev–Trinajstić information content (AvgIpc) is 2.40. The molecular formula is C12H7BrClN3O3. The highest BCUT2D eigenvalue weighted by Crippen LogP contribution is 2.27. The van der Waals surface area contributed by atoms with Gasteiger partial charge in [0.1, 0.15) is 10.8 Å². The summed E-state index contributed by atoms with van der Waals surface area (Å²) >= 11 is 8.76. The summed E-state index contributed by atoms with van der Waals surface area (Å²) in [6, 6.07) is 8.91. The number of anilines is 1. The second-order valence-corrected chi connectivity index (χ2v) is 4.96. The summed E-state index contributed by atoms with van der Waals surface area (Å²) in [6.45, 7) is 0. The summed E-state index contributed by atoms with van der Waals surface area (Å²) in [7, 11) is 0. The molecule has 1 aromatic heterocycles. The maximum atomic E-state index is 11.9. The number of pyridine rings is 1. The summed E-state index contributed by atoms with van der Waals surface area (Å²) in [5.74, 6) is -0.496. The first-order chi connectivity index (χ1) is 9.47. The van der Waals surface area contributed by atoms with E-state index in [9.17, 15) is 14.9 Å². The van der Waals surface area contributed by atoms with Crippen LogP contribution in [0.4, 0.5) is 11.4 Å². The van der Waals surface area contributed by atoms with Crippen molar-refractivity contribution in [3.8, 4) is 0 Å². The van der Waals surface area contributed by atoms with Gasteiger partial charge in [-0.25, -0.2) is 4.98 Å². The molecular weight excluding hydrogens is 350 g/mol. The molecule has 0 saturated heterocycles. The van der Waals surface area contributed by atoms with E-state index in [1.54, 1.807) is 18.2 Å². The maximum absolute atomic E-state index is 11.9. The van der Waals surface area contributed by atoms with E-state index >= 15 is 0 Å². The Bertz CT molecular complexity index is 693. The van der Waals surface area contributed by atoms with Gasteiger partial charge in [0.05, 0.1) is 9.40 Å². The highest BCUT2D eigenvalue weighted by Gasteiger charge is 2.14. The quantitative estimate of drug-likeness (QED) is 0.516. The van der Waals surface area contributed by atoms with E-state index in [4.69, 9.17) is 11.6 Å². The number of nitro groups is 1. The van der Waals surface area contributed by atoms with Crippen molar-refractivity contribution in [2.24, 2.45) is 0 Å². The van der Waals surface area contributed by atoms with E-state index in [1.807, 2.05) is 0 Å². The fraction of sp³-hybridized carbons (Fsp3) is 0. The number of rotatable bonds is 3. The molecule has 0 saturated carbocycles. The van der Waals surface area contributed by atoms with Crippen LogP contribution in [0.2, 0.25) is 5.15 Å². The molecule has 102 valence electrons. The smallest absolute Gasteiger partial charge is 0.285 e. The van der Waals surface area contributed by atoms with Crippen LogP contribution >= 0.6 is 27.5 Å². The minimum atomic E-state index is -0.544. The Kier molecular flexibility index (Phi) is 4.31.